The highest BCUT2D eigenvalue weighted by molar-refractivity contribution is 6.33. The number of anilines is 1. The first-order valence-electron chi connectivity index (χ1n) is 10.7. The van der Waals surface area contributed by atoms with Gasteiger partial charge in [-0.1, -0.05) is 11.6 Å². The number of amides is 3. The number of carbonyl (C=O) groups excluding carboxylic acids is 3. The number of carbonyl (C=O) groups is 3. The molecule has 0 radical (unpaired) electrons. The van der Waals surface area contributed by atoms with E-state index in [0.717, 1.165) is 6.07 Å². The lowest BCUT2D eigenvalue weighted by Gasteiger charge is -2.29. The summed E-state index contributed by atoms with van der Waals surface area (Å²) in [6, 6.07) is 1.07. The third kappa shape index (κ3) is 5.71. The van der Waals surface area contributed by atoms with Gasteiger partial charge >= 0.3 is 0 Å². The molecule has 1 aliphatic carbocycles. The first kappa shape index (κ1) is 25.6. The van der Waals surface area contributed by atoms with Crippen LogP contribution in [0.4, 0.5) is 14.5 Å². The largest absolute Gasteiger partial charge is 0.383 e. The lowest BCUT2D eigenvalue weighted by Crippen LogP contribution is -2.37. The molecule has 0 saturated heterocycles. The van der Waals surface area contributed by atoms with Crippen molar-refractivity contribution in [2.24, 2.45) is 11.7 Å². The Morgan fingerprint density at radius 1 is 1.26 bits per heavy atom. The highest BCUT2D eigenvalue weighted by Crippen LogP contribution is 2.35. The molecule has 3 rings (SSSR count). The molecule has 1 aliphatic rings. The maximum atomic E-state index is 14.0. The van der Waals surface area contributed by atoms with Crippen molar-refractivity contribution in [1.82, 2.24) is 14.9 Å². The van der Waals surface area contributed by atoms with Crippen LogP contribution in [0.1, 0.15) is 59.6 Å². The van der Waals surface area contributed by atoms with Crippen molar-refractivity contribution in [3.8, 4) is 0 Å². The van der Waals surface area contributed by atoms with E-state index in [1.54, 1.807) is 11.5 Å². The summed E-state index contributed by atoms with van der Waals surface area (Å²) in [6.45, 7) is 2.04. The van der Waals surface area contributed by atoms with Gasteiger partial charge in [0.2, 0.25) is 5.91 Å². The number of aromatic nitrogens is 2. The van der Waals surface area contributed by atoms with Gasteiger partial charge in [0, 0.05) is 31.2 Å². The van der Waals surface area contributed by atoms with Gasteiger partial charge < -0.3 is 25.7 Å². The lowest BCUT2D eigenvalue weighted by atomic mass is 9.85. The molecular formula is C22H26ClF2N5O4. The Morgan fingerprint density at radius 3 is 2.53 bits per heavy atom. The van der Waals surface area contributed by atoms with E-state index in [9.17, 15) is 23.2 Å². The maximum absolute atomic E-state index is 14.0. The second kappa shape index (κ2) is 10.9. The lowest BCUT2D eigenvalue weighted by molar-refractivity contribution is -0.121. The van der Waals surface area contributed by atoms with Gasteiger partial charge in [-0.15, -0.1) is 0 Å². The number of primary amides is 1. The zero-order valence-electron chi connectivity index (χ0n) is 18.7. The third-order valence-corrected chi connectivity index (χ3v) is 6.05. The summed E-state index contributed by atoms with van der Waals surface area (Å²) >= 11 is 5.86. The summed E-state index contributed by atoms with van der Waals surface area (Å²) in [6.07, 6.45) is 3.25. The maximum Gasteiger partial charge on any atom is 0.272 e. The van der Waals surface area contributed by atoms with Gasteiger partial charge in [0.05, 0.1) is 23.6 Å². The van der Waals surface area contributed by atoms with E-state index in [2.05, 4.69) is 15.6 Å². The van der Waals surface area contributed by atoms with E-state index in [4.69, 9.17) is 22.1 Å². The van der Waals surface area contributed by atoms with Gasteiger partial charge in [-0.05, 0) is 38.7 Å². The topological polar surface area (TPSA) is 128 Å². The first-order valence-corrected chi connectivity index (χ1v) is 11.1. The quantitative estimate of drug-likeness (QED) is 0.516. The zero-order chi connectivity index (χ0) is 25.0. The van der Waals surface area contributed by atoms with Crippen LogP contribution >= 0.6 is 11.6 Å². The average molecular weight is 498 g/mol. The summed E-state index contributed by atoms with van der Waals surface area (Å²) in [4.78, 5) is 41.5. The normalized spacial score (nSPS) is 18.9. The summed E-state index contributed by atoms with van der Waals surface area (Å²) in [5, 5.41) is 4.91. The molecule has 184 valence electrons. The molecule has 34 heavy (non-hydrogen) atoms. The van der Waals surface area contributed by atoms with Crippen LogP contribution in [0.5, 0.6) is 0 Å². The van der Waals surface area contributed by atoms with Crippen molar-refractivity contribution in [1.29, 1.82) is 0 Å². The molecule has 1 aromatic carbocycles. The van der Waals surface area contributed by atoms with Crippen LogP contribution in [0, 0.1) is 17.6 Å². The number of nitrogens with two attached hydrogens (primary N) is 1. The monoisotopic (exact) mass is 497 g/mol. The van der Waals surface area contributed by atoms with E-state index < -0.39 is 35.3 Å². The minimum Gasteiger partial charge on any atom is -0.383 e. The molecule has 12 heteroatoms. The fourth-order valence-electron chi connectivity index (χ4n) is 4.13. The van der Waals surface area contributed by atoms with Gasteiger partial charge in [0.1, 0.15) is 11.5 Å². The minimum atomic E-state index is -0.956. The SMILES string of the molecule is COC[C@@H](C)NC(=O)c1ncn(C2CCC(C(=O)Nc3c(F)cc(F)cc3Cl)CC2)c1C(N)=O. The van der Waals surface area contributed by atoms with Crippen LogP contribution in [0.25, 0.3) is 0 Å². The van der Waals surface area contributed by atoms with Gasteiger partial charge in [0.15, 0.2) is 11.5 Å². The number of rotatable bonds is 8. The Bertz CT molecular complexity index is 1060. The molecule has 1 heterocycles. The summed E-state index contributed by atoms with van der Waals surface area (Å²) in [5.41, 5.74) is 5.21. The molecular weight excluding hydrogens is 472 g/mol. The van der Waals surface area contributed by atoms with E-state index >= 15 is 0 Å². The fraction of sp³-hybridized carbons (Fsp3) is 0.455. The first-order chi connectivity index (χ1) is 16.1. The number of ether oxygens (including phenoxy) is 1. The molecule has 4 N–H and O–H groups in total. The zero-order valence-corrected chi connectivity index (χ0v) is 19.5. The van der Waals surface area contributed by atoms with Crippen molar-refractivity contribution in [2.75, 3.05) is 19.0 Å². The Labute approximate surface area is 200 Å². The van der Waals surface area contributed by atoms with Crippen LogP contribution < -0.4 is 16.4 Å². The summed E-state index contributed by atoms with van der Waals surface area (Å²) in [7, 11) is 1.51. The van der Waals surface area contributed by atoms with Gasteiger partial charge in [-0.2, -0.15) is 0 Å². The summed E-state index contributed by atoms with van der Waals surface area (Å²) < 4.78 is 33.8. The molecule has 1 aromatic heterocycles. The minimum absolute atomic E-state index is 0.00446. The molecule has 3 amide bonds. The standard InChI is InChI=1S/C22H26ClF2N5O4/c1-11(9-34-2)28-22(33)18-19(20(26)31)30(10-27-18)14-5-3-12(4-6-14)21(32)29-17-15(23)7-13(24)8-16(17)25/h7-8,10-12,14H,3-6,9H2,1-2H3,(H2,26,31)(H,28,33)(H,29,32)/t11-,12?,14?/m1/s1. The Morgan fingerprint density at radius 2 is 1.94 bits per heavy atom. The molecule has 0 spiro atoms. The van der Waals surface area contributed by atoms with Crippen molar-refractivity contribution in [3.63, 3.8) is 0 Å². The molecule has 0 unspecified atom stereocenters. The molecule has 0 aliphatic heterocycles. The second-order valence-corrected chi connectivity index (χ2v) is 8.69. The Hall–Kier alpha value is -3.05. The van der Waals surface area contributed by atoms with Gasteiger partial charge in [0.25, 0.3) is 11.8 Å². The highest BCUT2D eigenvalue weighted by Gasteiger charge is 2.32. The fourth-order valence-corrected chi connectivity index (χ4v) is 4.38. The third-order valence-electron chi connectivity index (χ3n) is 5.75. The average Bonchev–Trinajstić information content (AvgIpc) is 3.22. The number of hydrogen-bond acceptors (Lipinski definition) is 5. The smallest absolute Gasteiger partial charge is 0.272 e. The van der Waals surface area contributed by atoms with Crippen LogP contribution in [0.3, 0.4) is 0 Å². The van der Waals surface area contributed by atoms with Crippen LogP contribution in [-0.4, -0.2) is 47.0 Å². The van der Waals surface area contributed by atoms with Gasteiger partial charge in [-0.25, -0.2) is 13.8 Å². The van der Waals surface area contributed by atoms with Crippen LogP contribution in [0.2, 0.25) is 5.02 Å². The Kier molecular flexibility index (Phi) is 8.21. The van der Waals surface area contributed by atoms with Crippen LogP contribution in [-0.2, 0) is 9.53 Å². The van der Waals surface area contributed by atoms with Crippen molar-refractivity contribution >= 4 is 35.0 Å². The van der Waals surface area contributed by atoms with E-state index in [-0.39, 0.29) is 40.8 Å². The highest BCUT2D eigenvalue weighted by atomic mass is 35.5. The number of halogens is 3. The van der Waals surface area contributed by atoms with Crippen molar-refractivity contribution in [2.45, 2.75) is 44.7 Å². The molecule has 1 atom stereocenters. The predicted octanol–water partition coefficient (Wildman–Crippen LogP) is 3.05. The number of benzene rings is 1. The van der Waals surface area contributed by atoms with Gasteiger partial charge in [-0.3, -0.25) is 14.4 Å². The van der Waals surface area contributed by atoms with E-state index in [1.807, 2.05) is 0 Å². The number of nitrogens with zero attached hydrogens (tertiary/aromatic N) is 2. The predicted molar refractivity (Wildman–Crippen MR) is 121 cm³/mol. The second-order valence-electron chi connectivity index (χ2n) is 8.28. The molecule has 1 fully saturated rings. The van der Waals surface area contributed by atoms with E-state index in [1.165, 1.54) is 13.4 Å². The van der Waals surface area contributed by atoms with Crippen molar-refractivity contribution in [3.05, 3.63) is 46.5 Å². The number of imidazole rings is 1. The molecule has 0 bridgehead atoms. The summed E-state index contributed by atoms with van der Waals surface area (Å²) in [5.74, 6) is -3.99. The Balaban J connectivity index is 1.68. The van der Waals surface area contributed by atoms with Crippen LogP contribution in [0.15, 0.2) is 18.5 Å². The van der Waals surface area contributed by atoms with Crippen molar-refractivity contribution < 1.29 is 27.9 Å². The van der Waals surface area contributed by atoms with E-state index in [0.29, 0.717) is 31.7 Å². The number of nitrogens with one attached hydrogen (secondary N) is 2. The number of methoxy groups -OCH3 is 1. The molecule has 9 nitrogen and oxygen atoms in total. The number of hydrogen-bond donors (Lipinski definition) is 3. The molecule has 2 aromatic rings. The molecule has 1 saturated carbocycles.